The summed E-state index contributed by atoms with van der Waals surface area (Å²) >= 11 is 0. The van der Waals surface area contributed by atoms with E-state index in [2.05, 4.69) is 42.5 Å². The van der Waals surface area contributed by atoms with Gasteiger partial charge in [-0.05, 0) is 141 Å². The van der Waals surface area contributed by atoms with Crippen LogP contribution in [0.5, 0.6) is 23.0 Å². The molecule has 7 atom stereocenters. The second kappa shape index (κ2) is 37.9. The highest BCUT2D eigenvalue weighted by Crippen LogP contribution is 2.57. The van der Waals surface area contributed by atoms with E-state index in [9.17, 15) is 62.6 Å². The number of anilines is 2. The minimum Gasteiger partial charge on any atom is -0.508 e. The van der Waals surface area contributed by atoms with Crippen molar-refractivity contribution < 1.29 is 76.9 Å². The summed E-state index contributed by atoms with van der Waals surface area (Å²) in [4.78, 5) is 172. The summed E-state index contributed by atoms with van der Waals surface area (Å²) in [6, 6.07) is 27.2. The third-order valence-corrected chi connectivity index (χ3v) is 19.5. The first-order valence-electron chi connectivity index (χ1n) is 36.5. The number of esters is 1. The van der Waals surface area contributed by atoms with Crippen LogP contribution in [0.2, 0.25) is 0 Å². The molecule has 111 heavy (non-hydrogen) atoms. The maximum atomic E-state index is 14.8. The summed E-state index contributed by atoms with van der Waals surface area (Å²) in [5, 5.41) is 38.8. The molecule has 1 fully saturated rings. The average molecular weight is 1530 g/mol. The number of nitrogens with two attached hydrogens (primary N) is 4. The van der Waals surface area contributed by atoms with Crippen LogP contribution < -0.4 is 84.7 Å². The minimum atomic E-state index is -1.86. The minimum absolute atomic E-state index is 0.00312. The molecular weight excluding hydrogens is 1430 g/mol. The molecule has 0 radical (unpaired) electrons. The van der Waals surface area contributed by atoms with E-state index in [0.29, 0.717) is 57.9 Å². The number of aromatic hydroxyl groups is 1. The Balaban J connectivity index is 0.850. The van der Waals surface area contributed by atoms with E-state index in [1.54, 1.807) is 78.9 Å². The van der Waals surface area contributed by atoms with Gasteiger partial charge in [-0.3, -0.25) is 58.1 Å². The van der Waals surface area contributed by atoms with Crippen molar-refractivity contribution >= 4 is 88.3 Å². The van der Waals surface area contributed by atoms with Crippen LogP contribution in [-0.2, 0) is 77.5 Å². The zero-order chi connectivity index (χ0) is 80.2. The predicted octanol–water partition coefficient (Wildman–Crippen LogP) is 1.91. The van der Waals surface area contributed by atoms with Gasteiger partial charge in [0, 0.05) is 119 Å². The molecule has 1 saturated heterocycles. The summed E-state index contributed by atoms with van der Waals surface area (Å²) in [7, 11) is 9.07. The number of amides is 11. The molecule has 0 saturated carbocycles. The fourth-order valence-electron chi connectivity index (χ4n) is 13.5. The molecule has 3 aliphatic heterocycles. The van der Waals surface area contributed by atoms with Gasteiger partial charge in [0.2, 0.25) is 59.1 Å². The number of methoxy groups -OCH3 is 1. The molecule has 32 nitrogen and oxygen atoms in total. The fraction of sp³-hybridized carbons (Fsp3) is 0.380. The van der Waals surface area contributed by atoms with E-state index in [1.165, 1.54) is 30.2 Å². The summed E-state index contributed by atoms with van der Waals surface area (Å²) in [6.07, 6.45) is -0.941. The number of hydrogen-bond donors (Lipinski definition) is 14. The van der Waals surface area contributed by atoms with Gasteiger partial charge < -0.3 is 99.5 Å². The number of fused-ring (bicyclic) bond motifs is 6. The molecule has 588 valence electrons. The van der Waals surface area contributed by atoms with Crippen molar-refractivity contribution in [2.45, 2.75) is 138 Å². The van der Waals surface area contributed by atoms with Crippen LogP contribution in [0.1, 0.15) is 125 Å². The zero-order valence-electron chi connectivity index (χ0n) is 62.5. The van der Waals surface area contributed by atoms with E-state index >= 15 is 0 Å². The lowest BCUT2D eigenvalue weighted by atomic mass is 9.77. The number of likely N-dealkylation sites (tertiary alicyclic amines) is 1. The van der Waals surface area contributed by atoms with Crippen LogP contribution in [0.25, 0.3) is 0 Å². The summed E-state index contributed by atoms with van der Waals surface area (Å²) < 4.78 is 18.2. The molecule has 0 unspecified atom stereocenters. The van der Waals surface area contributed by atoms with Gasteiger partial charge >= 0.3 is 5.97 Å². The second-order valence-corrected chi connectivity index (χ2v) is 27.9. The summed E-state index contributed by atoms with van der Waals surface area (Å²) in [6.45, 7) is 0.151. The van der Waals surface area contributed by atoms with E-state index in [1.807, 2.05) is 74.4 Å². The smallest absolute Gasteiger partial charge is 0.340 e. The number of phenolic OH excluding ortho intramolecular Hbond substituents is 1. The molecular formula is C79H96N16O16. The van der Waals surface area contributed by atoms with Gasteiger partial charge in [0.1, 0.15) is 65.3 Å². The molecule has 3 aliphatic rings. The van der Waals surface area contributed by atoms with E-state index < -0.39 is 144 Å². The normalized spacial score (nSPS) is 15.1. The van der Waals surface area contributed by atoms with Crippen molar-refractivity contribution in [3.63, 3.8) is 0 Å². The number of unbranched alkanes of at least 4 members (excludes halogenated alkanes) is 1. The third kappa shape index (κ3) is 21.6. The van der Waals surface area contributed by atoms with Crippen LogP contribution in [-0.4, -0.2) is 184 Å². The van der Waals surface area contributed by atoms with Crippen LogP contribution in [0, 0.1) is 5.41 Å². The van der Waals surface area contributed by atoms with E-state index in [4.69, 9.17) is 42.6 Å². The molecule has 0 aliphatic carbocycles. The van der Waals surface area contributed by atoms with Crippen molar-refractivity contribution in [2.75, 3.05) is 64.7 Å². The monoisotopic (exact) mass is 1520 g/mol. The van der Waals surface area contributed by atoms with Gasteiger partial charge in [-0.15, -0.1) is 0 Å². The lowest BCUT2D eigenvalue weighted by Crippen LogP contribution is -2.60. The molecule has 6 aromatic carbocycles. The molecule has 9 rings (SSSR count). The van der Waals surface area contributed by atoms with Gasteiger partial charge in [0.15, 0.2) is 11.6 Å². The zero-order valence-corrected chi connectivity index (χ0v) is 62.5. The van der Waals surface area contributed by atoms with Crippen LogP contribution in [0.15, 0.2) is 133 Å². The van der Waals surface area contributed by atoms with E-state index in [-0.39, 0.29) is 94.3 Å². The van der Waals surface area contributed by atoms with Gasteiger partial charge in [-0.2, -0.15) is 0 Å². The Morgan fingerprint density at radius 2 is 1.15 bits per heavy atom. The van der Waals surface area contributed by atoms with E-state index in [0.717, 1.165) is 16.9 Å². The van der Waals surface area contributed by atoms with Gasteiger partial charge in [-0.25, -0.2) is 4.79 Å². The number of carbonyl (C=O) groups is 12. The maximum Gasteiger partial charge on any atom is 0.340 e. The van der Waals surface area contributed by atoms with Crippen molar-refractivity contribution in [1.29, 1.82) is 5.41 Å². The number of aryl methyl sites for hydroxylation is 1. The van der Waals surface area contributed by atoms with Crippen molar-refractivity contribution in [2.24, 2.45) is 22.9 Å². The number of rotatable bonds is 38. The van der Waals surface area contributed by atoms with Gasteiger partial charge in [0.05, 0.1) is 19.1 Å². The van der Waals surface area contributed by atoms with Crippen molar-refractivity contribution in [3.8, 4) is 23.0 Å². The standard InChI is InChI=1S/C79H96N16O16/c1-93(2)49-24-31-54-64(42-49)110-65-43-50(94(3)4)25-32-55(65)79(54)56-41-48(23-30-53(56)77(108)111-79)70(101)85-36-10-9-15-57(69(82)100)88-75(106)63-17-12-38-95(63)76(107)59(16-11-37-86-78(83)84)90-74(105)62(44-67(81)98)92-71(102)58(33-34-66(80)97)89-73(104)61(39-46-13-7-6-8-14-46)91-72(103)60(40-47-20-28-52(109-5)29-21-47)87-68(99)35-22-45-18-26-51(96)27-19-45/h6-8,13-14,18-21,23-32,41-43,57-63,96H,9-12,15-17,22,33-40,44H2,1-5H3,(H2,80,97)(H2,81,98)(H2,82,100)(H,85,101)(H,87,99)(H,88,106)(H,89,104)(H,90,105)(H,91,103)(H,92,102)(H4,83,84,86)/t57-,58-,59-,60+,61-,62-,63-/m0/s1. The number of carbonyl (C=O) groups excluding carboxylic acids is 12. The number of nitrogens with one attached hydrogen (secondary N) is 9. The third-order valence-electron chi connectivity index (χ3n) is 19.5. The van der Waals surface area contributed by atoms with Crippen molar-refractivity contribution in [3.05, 3.63) is 178 Å². The topological polar surface area (TPSA) is 487 Å². The summed E-state index contributed by atoms with van der Waals surface area (Å²) in [5.41, 5.74) is 26.9. The first-order valence-corrected chi connectivity index (χ1v) is 36.5. The van der Waals surface area contributed by atoms with Crippen LogP contribution in [0.4, 0.5) is 11.4 Å². The quantitative estimate of drug-likeness (QED) is 0.0114. The largest absolute Gasteiger partial charge is 0.508 e. The lowest BCUT2D eigenvalue weighted by molar-refractivity contribution is -0.142. The Labute approximate surface area is 641 Å². The highest BCUT2D eigenvalue weighted by Gasteiger charge is 2.54. The average Bonchev–Trinajstić information content (AvgIpc) is 1.59. The van der Waals surface area contributed by atoms with Gasteiger partial charge in [0.25, 0.3) is 5.91 Å². The Hall–Kier alpha value is -12.8. The molecule has 11 amide bonds. The molecule has 0 aromatic heterocycles. The molecule has 3 heterocycles. The number of primary amides is 3. The first kappa shape index (κ1) is 82.3. The highest BCUT2D eigenvalue weighted by molar-refractivity contribution is 6.02. The molecule has 32 heteroatoms. The second-order valence-electron chi connectivity index (χ2n) is 27.9. The number of guanidine groups is 1. The van der Waals surface area contributed by atoms with Crippen molar-refractivity contribution in [1.82, 2.24) is 47.4 Å². The number of benzene rings is 6. The fourth-order valence-corrected chi connectivity index (χ4v) is 13.5. The Morgan fingerprint density at radius 1 is 0.586 bits per heavy atom. The maximum absolute atomic E-state index is 14.8. The Morgan fingerprint density at radius 3 is 1.76 bits per heavy atom. The number of ether oxygens (including phenoxy) is 3. The lowest BCUT2D eigenvalue weighted by Gasteiger charge is -2.37. The molecule has 18 N–H and O–H groups in total. The molecule has 1 spiro atoms. The van der Waals surface area contributed by atoms with Gasteiger partial charge in [-0.1, -0.05) is 54.6 Å². The predicted molar refractivity (Wildman–Crippen MR) is 410 cm³/mol. The Kier molecular flexibility index (Phi) is 28.1. The first-order chi connectivity index (χ1) is 53.0. The summed E-state index contributed by atoms with van der Waals surface area (Å²) in [5.74, 6) is -8.85. The van der Waals surface area contributed by atoms with Crippen LogP contribution in [0.3, 0.4) is 0 Å². The highest BCUT2D eigenvalue weighted by atomic mass is 16.6. The van der Waals surface area contributed by atoms with Crippen LogP contribution >= 0.6 is 0 Å². The molecule has 6 aromatic rings. The Bertz CT molecular complexity index is 4390. The number of phenols is 1. The number of nitrogens with zero attached hydrogens (tertiary/aromatic N) is 3. The number of hydrogen-bond acceptors (Lipinski definition) is 19. The SMILES string of the molecule is COc1ccc(C[C@@H](NC(=O)CCc2ccc(O)cc2)C(=O)N[C@@H](Cc2ccccc2)C(=O)N[C@@H](CCC(N)=O)C(=O)N[C@@H](CC(N)=O)C(=O)N[C@@H](CCCNC(=N)N)C(=O)N2CCC[C@H]2C(=O)N[C@@H](CCCCNC(=O)c2ccc3c(c2)C2(OC3=O)c3ccc(N(C)C)cc3Oc3cc(N(C)C)ccc32)C(N)=O)cc1. The molecule has 0 bridgehead atoms.